The monoisotopic (exact) mass is 387 g/mol. The largest absolute Gasteiger partial charge is 0.455 e. The molecule has 136 valence electrons. The van der Waals surface area contributed by atoms with Crippen molar-refractivity contribution < 1.29 is 14.3 Å². The standard InChI is InChI=1S/C16H10ClN5O5/c17-14-4-1-10(21(23)24)7-13(14)15-5-3-12(27-15)9-19-20-16-6-2-11(8-18-16)22(25)26/h1-9H,(H,18,20)/b19-9+. The molecule has 0 saturated carbocycles. The molecule has 0 fully saturated rings. The molecule has 3 rings (SSSR count). The van der Waals surface area contributed by atoms with E-state index in [2.05, 4.69) is 15.5 Å². The van der Waals surface area contributed by atoms with Crippen molar-refractivity contribution in [1.29, 1.82) is 0 Å². The zero-order chi connectivity index (χ0) is 19.4. The van der Waals surface area contributed by atoms with Gasteiger partial charge in [-0.3, -0.25) is 25.7 Å². The number of nitrogens with one attached hydrogen (secondary N) is 1. The average Bonchev–Trinajstić information content (AvgIpc) is 3.11. The quantitative estimate of drug-likeness (QED) is 0.379. The van der Waals surface area contributed by atoms with Crippen LogP contribution in [0.3, 0.4) is 0 Å². The van der Waals surface area contributed by atoms with E-state index in [4.69, 9.17) is 16.0 Å². The number of furan rings is 1. The van der Waals surface area contributed by atoms with Crippen molar-refractivity contribution in [2.24, 2.45) is 5.10 Å². The van der Waals surface area contributed by atoms with E-state index in [9.17, 15) is 20.2 Å². The van der Waals surface area contributed by atoms with E-state index in [1.54, 1.807) is 12.1 Å². The predicted molar refractivity (Wildman–Crippen MR) is 97.9 cm³/mol. The second-order valence-electron chi connectivity index (χ2n) is 5.15. The highest BCUT2D eigenvalue weighted by Crippen LogP contribution is 2.32. The molecule has 3 aromatic rings. The Morgan fingerprint density at radius 3 is 2.48 bits per heavy atom. The Kier molecular flexibility index (Phi) is 5.08. The number of aromatic nitrogens is 1. The van der Waals surface area contributed by atoms with Crippen LogP contribution in [0.5, 0.6) is 0 Å². The van der Waals surface area contributed by atoms with Crippen molar-refractivity contribution in [3.8, 4) is 11.3 Å². The van der Waals surface area contributed by atoms with Crippen molar-refractivity contribution in [2.45, 2.75) is 0 Å². The first-order valence-electron chi connectivity index (χ1n) is 7.38. The lowest BCUT2D eigenvalue weighted by Crippen LogP contribution is -1.94. The third-order valence-corrected chi connectivity index (χ3v) is 3.71. The molecule has 0 aliphatic heterocycles. The second kappa shape index (κ2) is 7.62. The van der Waals surface area contributed by atoms with E-state index in [-0.39, 0.29) is 11.4 Å². The Morgan fingerprint density at radius 1 is 1.07 bits per heavy atom. The van der Waals surface area contributed by atoms with Gasteiger partial charge < -0.3 is 4.42 Å². The number of nitrogens with zero attached hydrogens (tertiary/aromatic N) is 4. The fourth-order valence-electron chi connectivity index (χ4n) is 2.10. The molecule has 0 spiro atoms. The molecule has 2 heterocycles. The van der Waals surface area contributed by atoms with Crippen molar-refractivity contribution in [1.82, 2.24) is 4.98 Å². The molecule has 0 bridgehead atoms. The number of hydrazone groups is 1. The van der Waals surface area contributed by atoms with E-state index in [1.807, 2.05) is 0 Å². The minimum absolute atomic E-state index is 0.105. The maximum atomic E-state index is 10.9. The first-order valence-corrected chi connectivity index (χ1v) is 7.75. The summed E-state index contributed by atoms with van der Waals surface area (Å²) < 4.78 is 5.57. The van der Waals surface area contributed by atoms with E-state index in [0.717, 1.165) is 6.20 Å². The Hall–Kier alpha value is -3.79. The van der Waals surface area contributed by atoms with Gasteiger partial charge in [-0.2, -0.15) is 5.10 Å². The number of nitro groups is 2. The summed E-state index contributed by atoms with van der Waals surface area (Å²) in [6, 6.07) is 9.97. The maximum absolute atomic E-state index is 10.9. The lowest BCUT2D eigenvalue weighted by Gasteiger charge is -2.00. The van der Waals surface area contributed by atoms with Gasteiger partial charge in [0, 0.05) is 23.8 Å². The number of halogens is 1. The van der Waals surface area contributed by atoms with Gasteiger partial charge in [0.05, 0.1) is 21.1 Å². The highest BCUT2D eigenvalue weighted by Gasteiger charge is 2.14. The van der Waals surface area contributed by atoms with E-state index in [1.165, 1.54) is 36.5 Å². The Labute approximate surface area is 156 Å². The minimum atomic E-state index is -0.552. The van der Waals surface area contributed by atoms with E-state index >= 15 is 0 Å². The summed E-state index contributed by atoms with van der Waals surface area (Å²) in [6.45, 7) is 0. The van der Waals surface area contributed by atoms with E-state index in [0.29, 0.717) is 27.9 Å². The van der Waals surface area contributed by atoms with Crippen LogP contribution in [-0.2, 0) is 0 Å². The second-order valence-corrected chi connectivity index (χ2v) is 5.56. The number of non-ortho nitro benzene ring substituents is 1. The first-order chi connectivity index (χ1) is 12.9. The number of anilines is 1. The highest BCUT2D eigenvalue weighted by atomic mass is 35.5. The van der Waals surface area contributed by atoms with Crippen LogP contribution in [0.2, 0.25) is 5.02 Å². The molecule has 0 radical (unpaired) electrons. The number of benzene rings is 1. The van der Waals surface area contributed by atoms with Crippen molar-refractivity contribution in [3.63, 3.8) is 0 Å². The molecule has 1 aromatic carbocycles. The summed E-state index contributed by atoms with van der Waals surface area (Å²) >= 11 is 6.08. The van der Waals surface area contributed by atoms with Gasteiger partial charge in [-0.1, -0.05) is 11.6 Å². The SMILES string of the molecule is O=[N+]([O-])c1ccc(N/N=C/c2ccc(-c3cc([N+](=O)[O-])ccc3Cl)o2)nc1. The molecule has 0 amide bonds. The molecule has 10 nitrogen and oxygen atoms in total. The summed E-state index contributed by atoms with van der Waals surface area (Å²) in [5.74, 6) is 1.02. The van der Waals surface area contributed by atoms with Crippen LogP contribution in [0.1, 0.15) is 5.76 Å². The number of nitro benzene ring substituents is 1. The normalized spacial score (nSPS) is 10.9. The maximum Gasteiger partial charge on any atom is 0.287 e. The number of hydrogen-bond donors (Lipinski definition) is 1. The van der Waals surface area contributed by atoms with Crippen LogP contribution >= 0.6 is 11.6 Å². The molecule has 0 aliphatic rings. The average molecular weight is 388 g/mol. The van der Waals surface area contributed by atoms with Gasteiger partial charge in [0.15, 0.2) is 0 Å². The third kappa shape index (κ3) is 4.25. The molecule has 0 aliphatic carbocycles. The van der Waals surface area contributed by atoms with Crippen LogP contribution in [0.15, 0.2) is 58.2 Å². The first kappa shape index (κ1) is 18.0. The lowest BCUT2D eigenvalue weighted by molar-refractivity contribution is -0.385. The summed E-state index contributed by atoms with van der Waals surface area (Å²) in [7, 11) is 0. The van der Waals surface area contributed by atoms with Crippen molar-refractivity contribution in [3.05, 3.63) is 79.7 Å². The number of rotatable bonds is 6. The molecule has 0 atom stereocenters. The Bertz CT molecular complexity index is 1030. The van der Waals surface area contributed by atoms with Crippen LogP contribution in [0, 0.1) is 20.2 Å². The fraction of sp³-hybridized carbons (Fsp3) is 0. The summed E-state index contributed by atoms with van der Waals surface area (Å²) in [4.78, 5) is 24.2. The van der Waals surface area contributed by atoms with Gasteiger partial charge in [-0.25, -0.2) is 4.98 Å². The summed E-state index contributed by atoms with van der Waals surface area (Å²) in [5.41, 5.74) is 2.75. The third-order valence-electron chi connectivity index (χ3n) is 3.38. The molecular formula is C16H10ClN5O5. The molecule has 0 saturated heterocycles. The van der Waals surface area contributed by atoms with Gasteiger partial charge in [0.1, 0.15) is 23.5 Å². The molecule has 1 N–H and O–H groups in total. The van der Waals surface area contributed by atoms with Gasteiger partial charge in [-0.15, -0.1) is 0 Å². The van der Waals surface area contributed by atoms with Crippen molar-refractivity contribution in [2.75, 3.05) is 5.43 Å². The van der Waals surface area contributed by atoms with Crippen molar-refractivity contribution >= 4 is 35.0 Å². The van der Waals surface area contributed by atoms with Crippen LogP contribution in [0.25, 0.3) is 11.3 Å². The van der Waals surface area contributed by atoms with Crippen LogP contribution in [-0.4, -0.2) is 21.0 Å². The summed E-state index contributed by atoms with van der Waals surface area (Å²) in [6.07, 6.45) is 2.46. The number of pyridine rings is 1. The smallest absolute Gasteiger partial charge is 0.287 e. The Balaban J connectivity index is 1.72. The molecule has 2 aromatic heterocycles. The van der Waals surface area contributed by atoms with Gasteiger partial charge in [-0.05, 0) is 24.3 Å². The molecule has 27 heavy (non-hydrogen) atoms. The zero-order valence-electron chi connectivity index (χ0n) is 13.4. The summed E-state index contributed by atoms with van der Waals surface area (Å²) in [5, 5.41) is 25.7. The molecule has 11 heteroatoms. The molecule has 0 unspecified atom stereocenters. The fourth-order valence-corrected chi connectivity index (χ4v) is 2.32. The Morgan fingerprint density at radius 2 is 1.81 bits per heavy atom. The zero-order valence-corrected chi connectivity index (χ0v) is 14.2. The highest BCUT2D eigenvalue weighted by molar-refractivity contribution is 6.33. The van der Waals surface area contributed by atoms with E-state index < -0.39 is 9.85 Å². The predicted octanol–water partition coefficient (Wildman–Crippen LogP) is 4.26. The topological polar surface area (TPSA) is 137 Å². The van der Waals surface area contributed by atoms with Gasteiger partial charge in [0.25, 0.3) is 11.4 Å². The number of hydrogen-bond acceptors (Lipinski definition) is 8. The van der Waals surface area contributed by atoms with Crippen LogP contribution < -0.4 is 5.43 Å². The van der Waals surface area contributed by atoms with Crippen LogP contribution in [0.4, 0.5) is 17.2 Å². The van der Waals surface area contributed by atoms with Gasteiger partial charge in [0.2, 0.25) is 0 Å². The van der Waals surface area contributed by atoms with Gasteiger partial charge >= 0.3 is 0 Å². The lowest BCUT2D eigenvalue weighted by atomic mass is 10.1. The minimum Gasteiger partial charge on any atom is -0.455 e. The molecular weight excluding hydrogens is 378 g/mol.